The molecular formula is C18H33N3O2. The van der Waals surface area contributed by atoms with Crippen LogP contribution in [0.15, 0.2) is 0 Å². The molecule has 0 aromatic heterocycles. The zero-order chi connectivity index (χ0) is 17.0. The summed E-state index contributed by atoms with van der Waals surface area (Å²) in [5.41, 5.74) is 0. The fourth-order valence-electron chi connectivity index (χ4n) is 4.17. The number of nitrogens with zero attached hydrogens (tertiary/aromatic N) is 2. The van der Waals surface area contributed by atoms with Crippen LogP contribution in [-0.2, 0) is 9.59 Å². The van der Waals surface area contributed by atoms with Gasteiger partial charge in [-0.1, -0.05) is 12.8 Å². The summed E-state index contributed by atoms with van der Waals surface area (Å²) in [7, 11) is 0. The zero-order valence-electron chi connectivity index (χ0n) is 15.2. The first-order valence-electron chi connectivity index (χ1n) is 9.21. The van der Waals surface area contributed by atoms with E-state index in [2.05, 4.69) is 37.9 Å². The molecule has 5 heteroatoms. The number of likely N-dealkylation sites (tertiary alicyclic amines) is 1. The van der Waals surface area contributed by atoms with Gasteiger partial charge in [0, 0.05) is 37.6 Å². The Morgan fingerprint density at radius 3 is 2.48 bits per heavy atom. The predicted octanol–water partition coefficient (Wildman–Crippen LogP) is 1.87. The van der Waals surface area contributed by atoms with Crippen molar-refractivity contribution in [3.05, 3.63) is 0 Å². The third-order valence-electron chi connectivity index (χ3n) is 5.35. The van der Waals surface area contributed by atoms with Gasteiger partial charge in [-0.15, -0.1) is 0 Å². The lowest BCUT2D eigenvalue weighted by atomic mass is 9.81. The summed E-state index contributed by atoms with van der Waals surface area (Å²) in [5, 5.41) is 2.98. The molecule has 0 unspecified atom stereocenters. The first kappa shape index (κ1) is 18.2. The van der Waals surface area contributed by atoms with Crippen molar-refractivity contribution in [1.29, 1.82) is 0 Å². The smallest absolute Gasteiger partial charge is 0.239 e. The van der Waals surface area contributed by atoms with Crippen molar-refractivity contribution in [2.45, 2.75) is 65.5 Å². The number of carbonyl (C=O) groups is 2. The molecule has 0 spiro atoms. The monoisotopic (exact) mass is 323 g/mol. The first-order valence-corrected chi connectivity index (χ1v) is 9.21. The summed E-state index contributed by atoms with van der Waals surface area (Å²) >= 11 is 0. The first-order chi connectivity index (χ1) is 10.9. The molecule has 2 amide bonds. The van der Waals surface area contributed by atoms with Crippen molar-refractivity contribution in [2.75, 3.05) is 26.2 Å². The molecule has 1 aliphatic carbocycles. The van der Waals surface area contributed by atoms with Crippen molar-refractivity contribution in [3.63, 3.8) is 0 Å². The van der Waals surface area contributed by atoms with Crippen LogP contribution in [0.3, 0.4) is 0 Å². The molecule has 1 N–H and O–H groups in total. The number of carbonyl (C=O) groups excluding carboxylic acids is 2. The second-order valence-corrected chi connectivity index (χ2v) is 7.65. The molecule has 2 rings (SSSR count). The van der Waals surface area contributed by atoms with Crippen LogP contribution in [0.4, 0.5) is 0 Å². The Labute approximate surface area is 140 Å². The highest BCUT2D eigenvalue weighted by Crippen LogP contribution is 2.36. The number of rotatable bonds is 7. The zero-order valence-corrected chi connectivity index (χ0v) is 15.2. The van der Waals surface area contributed by atoms with Crippen molar-refractivity contribution in [3.8, 4) is 0 Å². The van der Waals surface area contributed by atoms with Gasteiger partial charge >= 0.3 is 0 Å². The van der Waals surface area contributed by atoms with Gasteiger partial charge in [-0.2, -0.15) is 0 Å². The van der Waals surface area contributed by atoms with Gasteiger partial charge in [-0.3, -0.25) is 14.5 Å². The summed E-state index contributed by atoms with van der Waals surface area (Å²) in [4.78, 5) is 28.7. The summed E-state index contributed by atoms with van der Waals surface area (Å²) in [6, 6.07) is 0.936. The third-order valence-corrected chi connectivity index (χ3v) is 5.35. The molecule has 0 aromatic carbocycles. The van der Waals surface area contributed by atoms with Crippen LogP contribution >= 0.6 is 0 Å². The second kappa shape index (κ2) is 8.13. The van der Waals surface area contributed by atoms with E-state index in [1.807, 2.05) is 0 Å². The summed E-state index contributed by atoms with van der Waals surface area (Å²) in [6.45, 7) is 11.2. The predicted molar refractivity (Wildman–Crippen MR) is 92.0 cm³/mol. The Kier molecular flexibility index (Phi) is 6.45. The van der Waals surface area contributed by atoms with E-state index in [-0.39, 0.29) is 24.3 Å². The Morgan fingerprint density at radius 2 is 1.87 bits per heavy atom. The van der Waals surface area contributed by atoms with Crippen molar-refractivity contribution >= 4 is 11.8 Å². The maximum Gasteiger partial charge on any atom is 0.239 e. The number of fused-ring (bicyclic) bond motifs is 1. The number of hydrogen-bond acceptors (Lipinski definition) is 3. The SMILES string of the molecule is CC(C)N(CCNC(=O)CN1C[C@@H]2CCCC[C@H]2C1=O)C(C)C. The molecule has 2 atom stereocenters. The minimum atomic E-state index is -0.0236. The van der Waals surface area contributed by atoms with Crippen LogP contribution < -0.4 is 5.32 Å². The fraction of sp³-hybridized carbons (Fsp3) is 0.889. The van der Waals surface area contributed by atoms with Crippen LogP contribution in [-0.4, -0.2) is 59.9 Å². The Balaban J connectivity index is 1.74. The average molecular weight is 323 g/mol. The highest BCUT2D eigenvalue weighted by molar-refractivity contribution is 5.87. The molecule has 0 radical (unpaired) electrons. The van der Waals surface area contributed by atoms with E-state index in [9.17, 15) is 9.59 Å². The van der Waals surface area contributed by atoms with E-state index < -0.39 is 0 Å². The quantitative estimate of drug-likeness (QED) is 0.778. The molecule has 0 aromatic rings. The highest BCUT2D eigenvalue weighted by atomic mass is 16.2. The molecule has 1 heterocycles. The average Bonchev–Trinajstić information content (AvgIpc) is 2.79. The van der Waals surface area contributed by atoms with E-state index in [0.29, 0.717) is 24.5 Å². The Hall–Kier alpha value is -1.10. The van der Waals surface area contributed by atoms with Gasteiger partial charge in [-0.05, 0) is 46.5 Å². The van der Waals surface area contributed by atoms with E-state index in [4.69, 9.17) is 0 Å². The minimum absolute atomic E-state index is 0.0236. The van der Waals surface area contributed by atoms with Gasteiger partial charge < -0.3 is 10.2 Å². The third kappa shape index (κ3) is 4.69. The molecular weight excluding hydrogens is 290 g/mol. The molecule has 23 heavy (non-hydrogen) atoms. The largest absolute Gasteiger partial charge is 0.353 e. The van der Waals surface area contributed by atoms with Gasteiger partial charge in [0.2, 0.25) is 11.8 Å². The van der Waals surface area contributed by atoms with E-state index in [0.717, 1.165) is 32.4 Å². The Morgan fingerprint density at radius 1 is 1.22 bits per heavy atom. The van der Waals surface area contributed by atoms with Crippen LogP contribution in [0, 0.1) is 11.8 Å². The van der Waals surface area contributed by atoms with E-state index >= 15 is 0 Å². The maximum absolute atomic E-state index is 12.4. The second-order valence-electron chi connectivity index (χ2n) is 7.65. The van der Waals surface area contributed by atoms with Crippen LogP contribution in [0.25, 0.3) is 0 Å². The molecule has 5 nitrogen and oxygen atoms in total. The minimum Gasteiger partial charge on any atom is -0.353 e. The number of hydrogen-bond donors (Lipinski definition) is 1. The van der Waals surface area contributed by atoms with Crippen LogP contribution in [0.2, 0.25) is 0 Å². The fourth-order valence-corrected chi connectivity index (χ4v) is 4.17. The molecule has 2 aliphatic rings. The topological polar surface area (TPSA) is 52.7 Å². The van der Waals surface area contributed by atoms with E-state index in [1.54, 1.807) is 4.90 Å². The molecule has 1 aliphatic heterocycles. The standard InChI is InChI=1S/C18H33N3O2/c1-13(2)21(14(3)4)10-9-19-17(22)12-20-11-15-7-5-6-8-16(15)18(20)23/h13-16H,5-12H2,1-4H3,(H,19,22)/t15-,16+/m0/s1. The van der Waals surface area contributed by atoms with Gasteiger partial charge in [0.25, 0.3) is 0 Å². The highest BCUT2D eigenvalue weighted by Gasteiger charge is 2.41. The van der Waals surface area contributed by atoms with Gasteiger partial charge in [0.05, 0.1) is 6.54 Å². The van der Waals surface area contributed by atoms with Crippen molar-refractivity contribution in [1.82, 2.24) is 15.1 Å². The molecule has 2 fully saturated rings. The van der Waals surface area contributed by atoms with Gasteiger partial charge in [-0.25, -0.2) is 0 Å². The molecule has 132 valence electrons. The number of nitrogens with one attached hydrogen (secondary N) is 1. The number of amides is 2. The lowest BCUT2D eigenvalue weighted by Crippen LogP contribution is -2.44. The maximum atomic E-state index is 12.4. The van der Waals surface area contributed by atoms with Gasteiger partial charge in [0.15, 0.2) is 0 Å². The lowest BCUT2D eigenvalue weighted by molar-refractivity contribution is -0.135. The normalized spacial score (nSPS) is 24.7. The Bertz CT molecular complexity index is 414. The summed E-state index contributed by atoms with van der Waals surface area (Å²) in [5.74, 6) is 0.857. The summed E-state index contributed by atoms with van der Waals surface area (Å²) in [6.07, 6.45) is 4.55. The van der Waals surface area contributed by atoms with Crippen molar-refractivity contribution in [2.24, 2.45) is 11.8 Å². The van der Waals surface area contributed by atoms with Crippen LogP contribution in [0.1, 0.15) is 53.4 Å². The van der Waals surface area contributed by atoms with Crippen LogP contribution in [0.5, 0.6) is 0 Å². The van der Waals surface area contributed by atoms with Gasteiger partial charge in [0.1, 0.15) is 0 Å². The van der Waals surface area contributed by atoms with E-state index in [1.165, 1.54) is 6.42 Å². The molecule has 0 bridgehead atoms. The summed E-state index contributed by atoms with van der Waals surface area (Å²) < 4.78 is 0. The van der Waals surface area contributed by atoms with Crippen molar-refractivity contribution < 1.29 is 9.59 Å². The molecule has 1 saturated heterocycles. The lowest BCUT2D eigenvalue weighted by Gasteiger charge is -2.30. The molecule has 1 saturated carbocycles.